The summed E-state index contributed by atoms with van der Waals surface area (Å²) in [4.78, 5) is 0. The van der Waals surface area contributed by atoms with Crippen LogP contribution in [0.25, 0.3) is 11.1 Å². The molecule has 0 N–H and O–H groups in total. The first kappa shape index (κ1) is 28.3. The summed E-state index contributed by atoms with van der Waals surface area (Å²) in [5.74, 6) is 0.444. The molecule has 0 bridgehead atoms. The normalized spacial score (nSPS) is 17.2. The molecule has 0 fully saturated rings. The predicted molar refractivity (Wildman–Crippen MR) is 161 cm³/mol. The van der Waals surface area contributed by atoms with Crippen LogP contribution in [0.1, 0.15) is 25.0 Å². The molecule has 0 aromatic heterocycles. The Balaban J connectivity index is 0.00000171. The second kappa shape index (κ2) is 9.53. The van der Waals surface area contributed by atoms with E-state index in [1.165, 1.54) is 25.5 Å². The van der Waals surface area contributed by atoms with Crippen molar-refractivity contribution in [3.63, 3.8) is 0 Å². The number of allylic oxidation sites excluding steroid dienone is 4. The molecule has 184 valence electrons. The number of fused-ring (bicyclic) bond motifs is 3. The van der Waals surface area contributed by atoms with Crippen LogP contribution < -0.4 is 6.54 Å². The second-order valence-electron chi connectivity index (χ2n) is 11.7. The van der Waals surface area contributed by atoms with Gasteiger partial charge in [-0.1, -0.05) is 0 Å². The molecule has 35 heavy (non-hydrogen) atoms. The van der Waals surface area contributed by atoms with Crippen LogP contribution in [0.2, 0.25) is 24.3 Å². The van der Waals surface area contributed by atoms with E-state index in [0.717, 1.165) is 6.42 Å². The van der Waals surface area contributed by atoms with Gasteiger partial charge >= 0.3 is 203 Å². The summed E-state index contributed by atoms with van der Waals surface area (Å²) in [6.45, 7) is 12.3. The van der Waals surface area contributed by atoms with Gasteiger partial charge in [0.05, 0.1) is 0 Å². The van der Waals surface area contributed by atoms with Gasteiger partial charge in [-0.3, -0.25) is 0 Å². The number of benzene rings is 3. The van der Waals surface area contributed by atoms with Crippen LogP contribution in [-0.4, -0.2) is 12.3 Å². The molecule has 1 atom stereocenters. The molecule has 0 saturated heterocycles. The molecular weight excluding hydrogens is 563 g/mol. The quantitative estimate of drug-likeness (QED) is 0.209. The van der Waals surface area contributed by atoms with E-state index in [2.05, 4.69) is 117 Å². The number of hydrogen-bond donors (Lipinski definition) is 0. The summed E-state index contributed by atoms with van der Waals surface area (Å²) in [5.41, 5.74) is 7.37. The fourth-order valence-electron chi connectivity index (χ4n) is 7.02. The van der Waals surface area contributed by atoms with Crippen molar-refractivity contribution in [2.24, 2.45) is 5.92 Å². The molecule has 0 amide bonds. The zero-order valence-corrected chi connectivity index (χ0v) is 26.9. The van der Waals surface area contributed by atoms with Crippen molar-refractivity contribution in [1.82, 2.24) is 0 Å². The van der Waals surface area contributed by atoms with Crippen molar-refractivity contribution in [2.75, 3.05) is 0 Å². The molecule has 5 rings (SSSR count). The van der Waals surface area contributed by atoms with Gasteiger partial charge in [0.15, 0.2) is 0 Å². The van der Waals surface area contributed by atoms with Gasteiger partial charge in [0.1, 0.15) is 0 Å². The summed E-state index contributed by atoms with van der Waals surface area (Å²) in [6.07, 6.45) is 3.62. The predicted octanol–water partition coefficient (Wildman–Crippen LogP) is 7.95. The van der Waals surface area contributed by atoms with Crippen molar-refractivity contribution in [3.05, 3.63) is 104 Å². The van der Waals surface area contributed by atoms with Crippen molar-refractivity contribution >= 4 is 43.6 Å². The van der Waals surface area contributed by atoms with Crippen molar-refractivity contribution in [1.29, 1.82) is 0 Å². The Kier molecular flexibility index (Phi) is 7.70. The Morgan fingerprint density at radius 1 is 0.829 bits per heavy atom. The Hall–Kier alpha value is -1.31. The summed E-state index contributed by atoms with van der Waals surface area (Å²) in [5, 5.41) is 1.64. The third-order valence-electron chi connectivity index (χ3n) is 8.35. The van der Waals surface area contributed by atoms with Gasteiger partial charge in [-0.15, -0.1) is 24.8 Å². The van der Waals surface area contributed by atoms with Crippen LogP contribution in [0.4, 0.5) is 0 Å². The molecule has 3 aromatic rings. The molecule has 1 unspecified atom stereocenters. The van der Waals surface area contributed by atoms with E-state index in [4.69, 9.17) is 4.21 Å². The van der Waals surface area contributed by atoms with E-state index in [1.54, 1.807) is 17.3 Å². The Morgan fingerprint density at radius 3 is 2.06 bits per heavy atom. The number of hydrogen-bond acceptors (Lipinski definition) is 0. The van der Waals surface area contributed by atoms with Crippen molar-refractivity contribution in [3.8, 4) is 11.1 Å². The maximum atomic E-state index is 5.42. The molecule has 0 spiro atoms. The van der Waals surface area contributed by atoms with Gasteiger partial charge in [0.2, 0.25) is 0 Å². The molecule has 0 radical (unpaired) electrons. The van der Waals surface area contributed by atoms with Crippen LogP contribution in [-0.2, 0) is 24.7 Å². The average molecular weight is 601 g/mol. The third kappa shape index (κ3) is 4.19. The Labute approximate surface area is 226 Å². The summed E-state index contributed by atoms with van der Waals surface area (Å²) in [7, 11) is -1.45. The average Bonchev–Trinajstić information content (AvgIpc) is 3.31. The van der Waals surface area contributed by atoms with Crippen molar-refractivity contribution in [2.45, 2.75) is 44.5 Å². The zero-order valence-electron chi connectivity index (χ0n) is 21.8. The molecule has 0 aliphatic heterocycles. The summed E-state index contributed by atoms with van der Waals surface area (Å²) in [6, 6.07) is 27.4. The molecule has 0 heterocycles. The van der Waals surface area contributed by atoms with Crippen molar-refractivity contribution < 1.29 is 18.3 Å². The topological polar surface area (TPSA) is 0 Å². The molecule has 3 aromatic carbocycles. The number of halogens is 2. The second-order valence-corrected chi connectivity index (χ2v) is 30.7. The minimum absolute atomic E-state index is 0. The Morgan fingerprint density at radius 2 is 1.43 bits per heavy atom. The SMILES string of the molecule is Cl.Cl.[CH2]=[Zr]([CH3])([C]1=C(C)C([Si](C)(C)C)=CC1C)([c]1ccccc1)[c]1cccc2c1Cc1ccccc1-2. The molecule has 0 nitrogen and oxygen atoms in total. The Bertz CT molecular complexity index is 1410. The first-order valence-electron chi connectivity index (χ1n) is 12.3. The van der Waals surface area contributed by atoms with Crippen LogP contribution in [0.5, 0.6) is 0 Å². The minimum atomic E-state index is -4.15. The van der Waals surface area contributed by atoms with Crippen LogP contribution in [0.15, 0.2) is 92.9 Å². The third-order valence-corrected chi connectivity index (χ3v) is 25.5. The fraction of sp³-hybridized carbons (Fsp3) is 0.258. The molecular formula is C31H38Cl2SiZr. The van der Waals surface area contributed by atoms with E-state index in [9.17, 15) is 0 Å². The van der Waals surface area contributed by atoms with Crippen LogP contribution in [0, 0.1) is 5.92 Å². The molecule has 2 aliphatic rings. The monoisotopic (exact) mass is 598 g/mol. The number of rotatable bonds is 4. The van der Waals surface area contributed by atoms with E-state index < -0.39 is 26.4 Å². The van der Waals surface area contributed by atoms with Gasteiger partial charge in [-0.25, -0.2) is 0 Å². The van der Waals surface area contributed by atoms with Gasteiger partial charge < -0.3 is 0 Å². The first-order valence-corrected chi connectivity index (χ1v) is 23.7. The standard InChI is InChI=1S/C13H9.C10H17Si.C6H5.CH3.CH2.2ClH.Zr/c1-3-7-12-10(5-1)9-11-6-2-4-8-13(11)12;1-8-6-9(2)10(7-8)11(3,4)5;1-2-4-6-5-3-1;;;;;/h1-5,7-8H,9H2;7-8H,1-5H3;1-5H;1H3;1H2;2*1H;. The van der Waals surface area contributed by atoms with Crippen LogP contribution >= 0.6 is 24.8 Å². The van der Waals surface area contributed by atoms with Gasteiger partial charge in [-0.05, 0) is 0 Å². The van der Waals surface area contributed by atoms with E-state index in [-0.39, 0.29) is 24.8 Å². The van der Waals surface area contributed by atoms with E-state index >= 15 is 0 Å². The van der Waals surface area contributed by atoms with Gasteiger partial charge in [-0.2, -0.15) is 0 Å². The first-order chi connectivity index (χ1) is 15.5. The molecule has 0 saturated carbocycles. The zero-order chi connectivity index (χ0) is 23.6. The molecule has 2 aliphatic carbocycles. The summed E-state index contributed by atoms with van der Waals surface area (Å²) < 4.78 is 12.7. The van der Waals surface area contributed by atoms with Gasteiger partial charge in [0.25, 0.3) is 0 Å². The molecule has 4 heteroatoms. The fourth-order valence-corrected chi connectivity index (χ4v) is 24.2. The van der Waals surface area contributed by atoms with E-state index in [0.29, 0.717) is 5.92 Å². The van der Waals surface area contributed by atoms with Gasteiger partial charge in [0, 0.05) is 0 Å². The maximum absolute atomic E-state index is 5.42. The summed E-state index contributed by atoms with van der Waals surface area (Å²) >= 11 is -4.15. The van der Waals surface area contributed by atoms with Crippen LogP contribution in [0.3, 0.4) is 0 Å². The van der Waals surface area contributed by atoms with E-state index in [1.807, 2.05) is 0 Å².